The molecule has 0 heterocycles. The Balaban J connectivity index is 1.96. The molecule has 0 unspecified atom stereocenters. The second-order valence-corrected chi connectivity index (χ2v) is 6.79. The first-order valence-electron chi connectivity index (χ1n) is 7.51. The van der Waals surface area contributed by atoms with Gasteiger partial charge in [-0.1, -0.05) is 64.5 Å². The van der Waals surface area contributed by atoms with Crippen LogP contribution in [0.1, 0.15) is 28.2 Å². The van der Waals surface area contributed by atoms with E-state index in [0.717, 1.165) is 28.3 Å². The van der Waals surface area contributed by atoms with E-state index >= 15 is 0 Å². The lowest BCUT2D eigenvalue weighted by Crippen LogP contribution is -2.07. The van der Waals surface area contributed by atoms with Gasteiger partial charge in [0.2, 0.25) is 0 Å². The van der Waals surface area contributed by atoms with E-state index in [-0.39, 0.29) is 5.92 Å². The minimum atomic E-state index is -4.36. The Morgan fingerprint density at radius 2 is 1.29 bits per heavy atom. The van der Waals surface area contributed by atoms with Crippen molar-refractivity contribution in [3.63, 3.8) is 0 Å². The Morgan fingerprint density at radius 1 is 0.750 bits per heavy atom. The highest BCUT2D eigenvalue weighted by atomic mass is 79.9. The third-order valence-corrected chi connectivity index (χ3v) is 4.87. The van der Waals surface area contributed by atoms with E-state index in [4.69, 9.17) is 0 Å². The molecule has 3 aromatic carbocycles. The fourth-order valence-electron chi connectivity index (χ4n) is 3.46. The van der Waals surface area contributed by atoms with Crippen molar-refractivity contribution >= 4 is 15.9 Å². The summed E-state index contributed by atoms with van der Waals surface area (Å²) < 4.78 is 40.1. The first-order chi connectivity index (χ1) is 11.4. The number of halogens is 4. The highest BCUT2D eigenvalue weighted by Crippen LogP contribution is 2.48. The zero-order chi connectivity index (χ0) is 16.9. The van der Waals surface area contributed by atoms with Crippen LogP contribution < -0.4 is 0 Å². The third-order valence-electron chi connectivity index (χ3n) is 4.41. The van der Waals surface area contributed by atoms with Crippen LogP contribution in [0, 0.1) is 0 Å². The standard InChI is InChI=1S/C20H12BrF3/c21-14-10-12(9-13(11-14)20(22,23)24)19-17-7-3-1-5-15(17)16-6-2-4-8-18(16)19/h1-11,19H. The van der Waals surface area contributed by atoms with Crippen molar-refractivity contribution < 1.29 is 13.2 Å². The highest BCUT2D eigenvalue weighted by molar-refractivity contribution is 9.10. The van der Waals surface area contributed by atoms with Crippen molar-refractivity contribution in [3.05, 3.63) is 93.5 Å². The molecule has 0 aromatic heterocycles. The number of hydrogen-bond acceptors (Lipinski definition) is 0. The minimum Gasteiger partial charge on any atom is -0.166 e. The Bertz CT molecular complexity index is 883. The van der Waals surface area contributed by atoms with E-state index in [2.05, 4.69) is 15.9 Å². The lowest BCUT2D eigenvalue weighted by atomic mass is 9.88. The van der Waals surface area contributed by atoms with Crippen LogP contribution in [0.15, 0.2) is 71.2 Å². The molecule has 120 valence electrons. The van der Waals surface area contributed by atoms with Gasteiger partial charge in [0.05, 0.1) is 5.56 Å². The molecule has 0 spiro atoms. The minimum absolute atomic E-state index is 0.184. The van der Waals surface area contributed by atoms with E-state index in [1.165, 1.54) is 6.07 Å². The summed E-state index contributed by atoms with van der Waals surface area (Å²) in [5.41, 5.74) is 4.29. The first kappa shape index (κ1) is 15.5. The second kappa shape index (κ2) is 5.49. The Morgan fingerprint density at radius 3 is 1.83 bits per heavy atom. The molecular formula is C20H12BrF3. The second-order valence-electron chi connectivity index (χ2n) is 5.88. The molecule has 3 aromatic rings. The number of benzene rings is 3. The summed E-state index contributed by atoms with van der Waals surface area (Å²) in [5, 5.41) is 0. The number of alkyl halides is 3. The number of rotatable bonds is 1. The maximum absolute atomic E-state index is 13.2. The summed E-state index contributed by atoms with van der Waals surface area (Å²) >= 11 is 3.23. The topological polar surface area (TPSA) is 0 Å². The molecule has 0 saturated carbocycles. The van der Waals surface area contributed by atoms with Gasteiger partial charge in [-0.05, 0) is 46.0 Å². The van der Waals surface area contributed by atoms with Crippen molar-refractivity contribution in [2.24, 2.45) is 0 Å². The third kappa shape index (κ3) is 2.46. The van der Waals surface area contributed by atoms with Crippen molar-refractivity contribution in [2.45, 2.75) is 12.1 Å². The number of fused-ring (bicyclic) bond motifs is 3. The molecule has 0 fully saturated rings. The molecule has 0 atom stereocenters. The first-order valence-corrected chi connectivity index (χ1v) is 8.30. The molecule has 24 heavy (non-hydrogen) atoms. The Hall–Kier alpha value is -2.07. The van der Waals surface area contributed by atoms with Crippen LogP contribution >= 0.6 is 15.9 Å². The largest absolute Gasteiger partial charge is 0.416 e. The van der Waals surface area contributed by atoms with Gasteiger partial charge in [0.1, 0.15) is 0 Å². The molecule has 0 N–H and O–H groups in total. The average Bonchev–Trinajstić information content (AvgIpc) is 2.88. The molecule has 0 amide bonds. The molecule has 0 radical (unpaired) electrons. The molecule has 0 bridgehead atoms. The van der Waals surface area contributed by atoms with Crippen molar-refractivity contribution in [3.8, 4) is 11.1 Å². The number of hydrogen-bond donors (Lipinski definition) is 0. The summed E-state index contributed by atoms with van der Waals surface area (Å²) in [6.07, 6.45) is -4.36. The van der Waals surface area contributed by atoms with E-state index < -0.39 is 11.7 Å². The van der Waals surface area contributed by atoms with E-state index in [9.17, 15) is 13.2 Å². The van der Waals surface area contributed by atoms with Crippen LogP contribution in [0.5, 0.6) is 0 Å². The average molecular weight is 389 g/mol. The van der Waals surface area contributed by atoms with Gasteiger partial charge < -0.3 is 0 Å². The van der Waals surface area contributed by atoms with Crippen LogP contribution in [0.3, 0.4) is 0 Å². The fraction of sp³-hybridized carbons (Fsp3) is 0.100. The maximum Gasteiger partial charge on any atom is 0.416 e. The van der Waals surface area contributed by atoms with Gasteiger partial charge in [0, 0.05) is 10.4 Å². The molecule has 0 aliphatic heterocycles. The summed E-state index contributed by atoms with van der Waals surface area (Å²) in [4.78, 5) is 0. The van der Waals surface area contributed by atoms with Crippen LogP contribution in [0.25, 0.3) is 11.1 Å². The van der Waals surface area contributed by atoms with Crippen molar-refractivity contribution in [1.29, 1.82) is 0 Å². The highest BCUT2D eigenvalue weighted by Gasteiger charge is 2.34. The summed E-state index contributed by atoms with van der Waals surface area (Å²) in [6.45, 7) is 0. The summed E-state index contributed by atoms with van der Waals surface area (Å²) in [6, 6.07) is 20.0. The molecule has 1 aliphatic carbocycles. The van der Waals surface area contributed by atoms with Crippen LogP contribution in [0.4, 0.5) is 13.2 Å². The zero-order valence-electron chi connectivity index (χ0n) is 12.4. The van der Waals surface area contributed by atoms with Crippen LogP contribution in [-0.2, 0) is 6.18 Å². The van der Waals surface area contributed by atoms with Crippen LogP contribution in [0.2, 0.25) is 0 Å². The summed E-state index contributed by atoms with van der Waals surface area (Å²) in [5.74, 6) is -0.184. The molecule has 4 rings (SSSR count). The smallest absolute Gasteiger partial charge is 0.166 e. The fourth-order valence-corrected chi connectivity index (χ4v) is 3.97. The van der Waals surface area contributed by atoms with Gasteiger partial charge in [0.25, 0.3) is 0 Å². The molecule has 4 heteroatoms. The van der Waals surface area contributed by atoms with Crippen LogP contribution in [-0.4, -0.2) is 0 Å². The van der Waals surface area contributed by atoms with E-state index in [1.807, 2.05) is 48.5 Å². The Labute approximate surface area is 146 Å². The lowest BCUT2D eigenvalue weighted by Gasteiger charge is -2.17. The van der Waals surface area contributed by atoms with Gasteiger partial charge in [-0.2, -0.15) is 13.2 Å². The van der Waals surface area contributed by atoms with E-state index in [0.29, 0.717) is 10.0 Å². The molecule has 0 saturated heterocycles. The monoisotopic (exact) mass is 388 g/mol. The zero-order valence-corrected chi connectivity index (χ0v) is 14.0. The van der Waals surface area contributed by atoms with Gasteiger partial charge in [-0.15, -0.1) is 0 Å². The summed E-state index contributed by atoms with van der Waals surface area (Å²) in [7, 11) is 0. The maximum atomic E-state index is 13.2. The van der Waals surface area contributed by atoms with E-state index in [1.54, 1.807) is 6.07 Å². The molecule has 0 nitrogen and oxygen atoms in total. The van der Waals surface area contributed by atoms with Gasteiger partial charge in [0.15, 0.2) is 0 Å². The normalized spacial score (nSPS) is 13.7. The quantitative estimate of drug-likeness (QED) is 0.343. The predicted octanol–water partition coefficient (Wildman–Crippen LogP) is 6.63. The molecular weight excluding hydrogens is 377 g/mol. The van der Waals surface area contributed by atoms with Gasteiger partial charge in [-0.3, -0.25) is 0 Å². The van der Waals surface area contributed by atoms with Gasteiger partial charge >= 0.3 is 6.18 Å². The SMILES string of the molecule is FC(F)(F)c1cc(Br)cc(C2c3ccccc3-c3ccccc32)c1. The lowest BCUT2D eigenvalue weighted by molar-refractivity contribution is -0.137. The predicted molar refractivity (Wildman–Crippen MR) is 92.0 cm³/mol. The van der Waals surface area contributed by atoms with Crippen molar-refractivity contribution in [1.82, 2.24) is 0 Å². The Kier molecular flexibility index (Phi) is 3.53. The van der Waals surface area contributed by atoms with Gasteiger partial charge in [-0.25, -0.2) is 0 Å². The van der Waals surface area contributed by atoms with Crippen molar-refractivity contribution in [2.75, 3.05) is 0 Å². The molecule has 1 aliphatic rings.